The summed E-state index contributed by atoms with van der Waals surface area (Å²) in [6, 6.07) is 18.7. The number of nitrogens with zero attached hydrogens (tertiary/aromatic N) is 2. The second-order valence-electron chi connectivity index (χ2n) is 7.15. The zero-order chi connectivity index (χ0) is 18.3. The topological polar surface area (TPSA) is 58.9 Å². The van der Waals surface area contributed by atoms with Crippen molar-refractivity contribution in [3.05, 3.63) is 71.8 Å². The van der Waals surface area contributed by atoms with Crippen molar-refractivity contribution in [3.63, 3.8) is 0 Å². The van der Waals surface area contributed by atoms with Crippen molar-refractivity contribution >= 4 is 21.3 Å². The molecule has 5 heteroatoms. The predicted octanol–water partition coefficient (Wildman–Crippen LogP) is 3.87. The lowest BCUT2D eigenvalue weighted by Gasteiger charge is -2.34. The van der Waals surface area contributed by atoms with Gasteiger partial charge in [-0.1, -0.05) is 60.7 Å². The van der Waals surface area contributed by atoms with Crippen LogP contribution in [0.4, 0.5) is 0 Å². The first kappa shape index (κ1) is 17.5. The van der Waals surface area contributed by atoms with E-state index in [0.717, 1.165) is 11.1 Å². The molecule has 0 fully saturated rings. The van der Waals surface area contributed by atoms with Crippen LogP contribution >= 0.6 is 0 Å². The van der Waals surface area contributed by atoms with E-state index in [4.69, 9.17) is 0 Å². The smallest absolute Gasteiger partial charge is 0.172 e. The van der Waals surface area contributed by atoms with Gasteiger partial charge in [0.2, 0.25) is 0 Å². The molecule has 0 aromatic heterocycles. The van der Waals surface area contributed by atoms with Crippen LogP contribution in [0.1, 0.15) is 38.8 Å². The van der Waals surface area contributed by atoms with Crippen molar-refractivity contribution < 1.29 is 8.42 Å². The zero-order valence-electron chi connectivity index (χ0n) is 14.9. The van der Waals surface area contributed by atoms with Gasteiger partial charge in [0.1, 0.15) is 9.49 Å². The first-order valence-electron chi connectivity index (χ1n) is 8.21. The summed E-state index contributed by atoms with van der Waals surface area (Å²) < 4.78 is 24.8. The Balaban J connectivity index is 2.30. The SMILES string of the molecule is CC1(C)C(c2ccccc2)=NN=C(c2ccccc2)C(C)(C)S1(=O)=O. The van der Waals surface area contributed by atoms with Gasteiger partial charge in [0.25, 0.3) is 0 Å². The Hall–Kier alpha value is -2.27. The molecule has 0 atom stereocenters. The summed E-state index contributed by atoms with van der Waals surface area (Å²) in [6.07, 6.45) is 0. The van der Waals surface area contributed by atoms with E-state index in [-0.39, 0.29) is 0 Å². The van der Waals surface area contributed by atoms with Gasteiger partial charge >= 0.3 is 0 Å². The summed E-state index contributed by atoms with van der Waals surface area (Å²) in [6.45, 7) is 6.83. The zero-order valence-corrected chi connectivity index (χ0v) is 15.7. The maximum Gasteiger partial charge on any atom is 0.172 e. The van der Waals surface area contributed by atoms with Crippen LogP contribution in [0.25, 0.3) is 0 Å². The van der Waals surface area contributed by atoms with Gasteiger partial charge in [0, 0.05) is 0 Å². The fourth-order valence-corrected chi connectivity index (χ4v) is 5.34. The average molecular weight is 354 g/mol. The lowest BCUT2D eigenvalue weighted by atomic mass is 9.99. The van der Waals surface area contributed by atoms with Gasteiger partial charge in [0.15, 0.2) is 9.84 Å². The molecule has 25 heavy (non-hydrogen) atoms. The second kappa shape index (κ2) is 5.92. The Morgan fingerprint density at radius 2 is 0.960 bits per heavy atom. The highest BCUT2D eigenvalue weighted by atomic mass is 32.2. The Kier molecular flexibility index (Phi) is 4.15. The van der Waals surface area contributed by atoms with E-state index in [1.54, 1.807) is 27.7 Å². The third kappa shape index (κ3) is 2.63. The monoisotopic (exact) mass is 354 g/mol. The molecule has 0 aliphatic carbocycles. The van der Waals surface area contributed by atoms with Gasteiger partial charge in [0.05, 0.1) is 11.4 Å². The highest BCUT2D eigenvalue weighted by Crippen LogP contribution is 2.37. The fourth-order valence-electron chi connectivity index (χ4n) is 3.24. The van der Waals surface area contributed by atoms with Crippen LogP contribution in [0.3, 0.4) is 0 Å². The molecule has 0 saturated heterocycles. The van der Waals surface area contributed by atoms with Crippen molar-refractivity contribution in [2.45, 2.75) is 37.2 Å². The van der Waals surface area contributed by atoms with Crippen LogP contribution in [0.2, 0.25) is 0 Å². The number of rotatable bonds is 2. The minimum atomic E-state index is -3.63. The first-order chi connectivity index (χ1) is 11.7. The number of sulfone groups is 1. The molecule has 0 bridgehead atoms. The first-order valence-corrected chi connectivity index (χ1v) is 9.69. The molecular weight excluding hydrogens is 332 g/mol. The Labute approximate surface area is 149 Å². The lowest BCUT2D eigenvalue weighted by molar-refractivity contribution is 0.559. The lowest BCUT2D eigenvalue weighted by Crippen LogP contribution is -2.53. The summed E-state index contributed by atoms with van der Waals surface area (Å²) in [4.78, 5) is 0. The highest BCUT2D eigenvalue weighted by molar-refractivity contribution is 7.95. The van der Waals surface area contributed by atoms with E-state index in [1.807, 2.05) is 60.7 Å². The third-order valence-electron chi connectivity index (χ3n) is 4.83. The average Bonchev–Trinajstić information content (AvgIpc) is 2.64. The van der Waals surface area contributed by atoms with Crippen LogP contribution in [0.5, 0.6) is 0 Å². The van der Waals surface area contributed by atoms with Crippen molar-refractivity contribution in [1.29, 1.82) is 0 Å². The van der Waals surface area contributed by atoms with Gasteiger partial charge < -0.3 is 0 Å². The molecular formula is C20H22N2O2S. The minimum absolute atomic E-state index is 0.465. The van der Waals surface area contributed by atoms with Gasteiger partial charge in [-0.15, -0.1) is 0 Å². The van der Waals surface area contributed by atoms with Gasteiger partial charge in [-0.2, -0.15) is 10.2 Å². The normalized spacial score (nSPS) is 21.0. The van der Waals surface area contributed by atoms with Crippen molar-refractivity contribution in [3.8, 4) is 0 Å². The summed E-state index contributed by atoms with van der Waals surface area (Å²) in [5.74, 6) is 0. The van der Waals surface area contributed by atoms with Gasteiger partial charge in [-0.25, -0.2) is 8.42 Å². The van der Waals surface area contributed by atoms with Crippen LogP contribution in [0.15, 0.2) is 70.9 Å². The Morgan fingerprint density at radius 3 is 1.28 bits per heavy atom. The molecule has 0 unspecified atom stereocenters. The summed E-state index contributed by atoms with van der Waals surface area (Å²) >= 11 is 0. The standard InChI is InChI=1S/C20H22N2O2S/c1-19(2)17(15-11-7-5-8-12-15)21-22-18(16-13-9-6-10-14-16)20(3,4)25(19,23)24/h5-14H,1-4H3. The van der Waals surface area contributed by atoms with Crippen LogP contribution < -0.4 is 0 Å². The molecule has 2 aromatic carbocycles. The van der Waals surface area contributed by atoms with E-state index in [0.29, 0.717) is 11.4 Å². The quantitative estimate of drug-likeness (QED) is 0.822. The van der Waals surface area contributed by atoms with Crippen LogP contribution in [0, 0.1) is 0 Å². The van der Waals surface area contributed by atoms with E-state index in [1.165, 1.54) is 0 Å². The number of hydrogen-bond acceptors (Lipinski definition) is 4. The fraction of sp³-hybridized carbons (Fsp3) is 0.300. The van der Waals surface area contributed by atoms with E-state index < -0.39 is 19.3 Å². The Morgan fingerprint density at radius 1 is 0.640 bits per heavy atom. The van der Waals surface area contributed by atoms with Crippen molar-refractivity contribution in [1.82, 2.24) is 0 Å². The summed E-state index contributed by atoms with van der Waals surface area (Å²) in [5, 5.41) is 8.84. The molecule has 130 valence electrons. The molecule has 0 amide bonds. The second-order valence-corrected chi connectivity index (χ2v) is 10.2. The molecule has 2 aromatic rings. The maximum absolute atomic E-state index is 13.6. The summed E-state index contributed by atoms with van der Waals surface area (Å²) in [7, 11) is -3.63. The number of benzene rings is 2. The van der Waals surface area contributed by atoms with Gasteiger partial charge in [-0.05, 0) is 38.8 Å². The molecule has 4 nitrogen and oxygen atoms in total. The molecule has 0 saturated carbocycles. The molecule has 3 rings (SSSR count). The maximum atomic E-state index is 13.6. The number of hydrogen-bond donors (Lipinski definition) is 0. The van der Waals surface area contributed by atoms with E-state index in [2.05, 4.69) is 10.2 Å². The van der Waals surface area contributed by atoms with Crippen LogP contribution in [-0.4, -0.2) is 29.3 Å². The van der Waals surface area contributed by atoms with Crippen molar-refractivity contribution in [2.24, 2.45) is 10.2 Å². The van der Waals surface area contributed by atoms with Gasteiger partial charge in [-0.3, -0.25) is 0 Å². The molecule has 0 N–H and O–H groups in total. The molecule has 0 spiro atoms. The van der Waals surface area contributed by atoms with Crippen LogP contribution in [-0.2, 0) is 9.84 Å². The largest absolute Gasteiger partial charge is 0.227 e. The third-order valence-corrected chi connectivity index (χ3v) is 7.90. The molecule has 1 heterocycles. The van der Waals surface area contributed by atoms with E-state index >= 15 is 0 Å². The predicted molar refractivity (Wildman–Crippen MR) is 103 cm³/mol. The Bertz CT molecular complexity index is 868. The highest BCUT2D eigenvalue weighted by Gasteiger charge is 2.53. The molecule has 1 aliphatic heterocycles. The molecule has 1 aliphatic rings. The minimum Gasteiger partial charge on any atom is -0.227 e. The van der Waals surface area contributed by atoms with Crippen molar-refractivity contribution in [2.75, 3.05) is 0 Å². The molecule has 0 radical (unpaired) electrons. The summed E-state index contributed by atoms with van der Waals surface area (Å²) in [5.41, 5.74) is 2.47. The van der Waals surface area contributed by atoms with E-state index in [9.17, 15) is 8.42 Å².